The van der Waals surface area contributed by atoms with Crippen LogP contribution in [0.3, 0.4) is 0 Å². The highest BCUT2D eigenvalue weighted by Crippen LogP contribution is 2.22. The maximum atomic E-state index is 12.5. The molecule has 1 aromatic carbocycles. The van der Waals surface area contributed by atoms with Crippen LogP contribution in [-0.2, 0) is 10.9 Å². The first-order valence-corrected chi connectivity index (χ1v) is 9.28. The van der Waals surface area contributed by atoms with Gasteiger partial charge in [-0.3, -0.25) is 4.79 Å². The monoisotopic (exact) mass is 293 g/mol. The second-order valence-electron chi connectivity index (χ2n) is 5.39. The molecule has 0 aromatic heterocycles. The summed E-state index contributed by atoms with van der Waals surface area (Å²) in [4.78, 5) is 12.5. The second kappa shape index (κ2) is 7.72. The van der Waals surface area contributed by atoms with Gasteiger partial charge >= 0.3 is 0 Å². The van der Waals surface area contributed by atoms with Crippen molar-refractivity contribution in [3.63, 3.8) is 0 Å². The zero-order valence-electron chi connectivity index (χ0n) is 12.6. The van der Waals surface area contributed by atoms with Crippen LogP contribution in [0, 0.1) is 0 Å². The quantitative estimate of drug-likeness (QED) is 0.433. The normalized spacial score (nSPS) is 17.1. The Kier molecular flexibility index (Phi) is 5.96. The van der Waals surface area contributed by atoms with Crippen LogP contribution in [0.4, 0.5) is 0 Å². The third-order valence-electron chi connectivity index (χ3n) is 3.84. The van der Waals surface area contributed by atoms with E-state index in [9.17, 15) is 4.79 Å². The lowest BCUT2D eigenvalue weighted by atomic mass is 10.1. The number of benzene rings is 1. The van der Waals surface area contributed by atoms with Gasteiger partial charge in [0.15, 0.2) is 5.25 Å². The van der Waals surface area contributed by atoms with Crippen molar-refractivity contribution >= 4 is 16.7 Å². The molecule has 0 N–H and O–H groups in total. The molecular weight excluding hydrogens is 268 g/mol. The molecule has 1 fully saturated rings. The van der Waals surface area contributed by atoms with Gasteiger partial charge in [0.2, 0.25) is 5.78 Å². The number of hydrogen-bond donors (Lipinski definition) is 0. The van der Waals surface area contributed by atoms with Crippen LogP contribution in [0.5, 0.6) is 5.75 Å². The van der Waals surface area contributed by atoms with Crippen LogP contribution in [-0.4, -0.2) is 29.1 Å². The molecule has 0 spiro atoms. The highest BCUT2D eigenvalue weighted by atomic mass is 32.2. The van der Waals surface area contributed by atoms with Crippen LogP contribution in [0.1, 0.15) is 49.9 Å². The first kappa shape index (κ1) is 15.4. The Morgan fingerprint density at radius 2 is 1.90 bits per heavy atom. The maximum Gasteiger partial charge on any atom is 0.214 e. The van der Waals surface area contributed by atoms with E-state index in [1.54, 1.807) is 0 Å². The van der Waals surface area contributed by atoms with Crippen molar-refractivity contribution in [2.75, 3.05) is 18.1 Å². The third-order valence-corrected chi connectivity index (χ3v) is 6.68. The number of Topliss-reactive ketones (excluding diaryl/α,β-unsaturated/α-hetero) is 1. The van der Waals surface area contributed by atoms with Crippen molar-refractivity contribution in [3.05, 3.63) is 29.8 Å². The van der Waals surface area contributed by atoms with Gasteiger partial charge in [0.1, 0.15) is 17.3 Å². The van der Waals surface area contributed by atoms with Gasteiger partial charge < -0.3 is 4.74 Å². The average molecular weight is 293 g/mol. The summed E-state index contributed by atoms with van der Waals surface area (Å²) in [6, 6.07) is 7.68. The predicted octanol–water partition coefficient (Wildman–Crippen LogP) is 3.85. The first-order valence-electron chi connectivity index (χ1n) is 7.65. The highest BCUT2D eigenvalue weighted by molar-refractivity contribution is 7.98. The van der Waals surface area contributed by atoms with E-state index in [1.807, 2.05) is 24.3 Å². The summed E-state index contributed by atoms with van der Waals surface area (Å²) < 4.78 is 5.63. The molecule has 1 unspecified atom stereocenters. The van der Waals surface area contributed by atoms with Crippen molar-refractivity contribution in [2.24, 2.45) is 0 Å². The van der Waals surface area contributed by atoms with Crippen LogP contribution < -0.4 is 4.74 Å². The fourth-order valence-electron chi connectivity index (χ4n) is 2.47. The minimum absolute atomic E-state index is 0.185. The van der Waals surface area contributed by atoms with E-state index in [0.717, 1.165) is 30.8 Å². The Bertz CT molecular complexity index is 421. The molecule has 0 saturated carbocycles. The smallest absolute Gasteiger partial charge is 0.214 e. The van der Waals surface area contributed by atoms with Gasteiger partial charge in [-0.25, -0.2) is 0 Å². The Hall–Kier alpha value is -0.960. The number of carbonyl (C=O) groups is 1. The van der Waals surface area contributed by atoms with Gasteiger partial charge in [-0.1, -0.05) is 13.3 Å². The molecule has 1 aliphatic rings. The Balaban J connectivity index is 1.92. The van der Waals surface area contributed by atoms with Gasteiger partial charge in [0, 0.05) is 5.56 Å². The lowest BCUT2D eigenvalue weighted by Crippen LogP contribution is -2.28. The van der Waals surface area contributed by atoms with E-state index in [0.29, 0.717) is 16.7 Å². The summed E-state index contributed by atoms with van der Waals surface area (Å²) in [5.74, 6) is 3.65. The van der Waals surface area contributed by atoms with Gasteiger partial charge in [-0.05, 0) is 61.3 Å². The van der Waals surface area contributed by atoms with E-state index < -0.39 is 0 Å². The van der Waals surface area contributed by atoms with Gasteiger partial charge in [0.25, 0.3) is 0 Å². The number of carbonyl (C=O) groups excluding carboxylic acids is 1. The summed E-state index contributed by atoms with van der Waals surface area (Å²) >= 11 is 0. The van der Waals surface area contributed by atoms with Crippen LogP contribution in [0.15, 0.2) is 24.3 Å². The van der Waals surface area contributed by atoms with E-state index in [4.69, 9.17) is 4.74 Å². The van der Waals surface area contributed by atoms with Crippen molar-refractivity contribution in [2.45, 2.75) is 44.8 Å². The molecular formula is C17H25O2S+. The summed E-state index contributed by atoms with van der Waals surface area (Å²) in [7, 11) is 0.305. The molecule has 1 aliphatic heterocycles. The van der Waals surface area contributed by atoms with Gasteiger partial charge in [-0.15, -0.1) is 0 Å². The van der Waals surface area contributed by atoms with Crippen molar-refractivity contribution in [3.8, 4) is 5.75 Å². The molecule has 20 heavy (non-hydrogen) atoms. The Morgan fingerprint density at radius 1 is 1.25 bits per heavy atom. The number of unbranched alkanes of at least 4 members (excludes halogenated alkanes) is 1. The van der Waals surface area contributed by atoms with Crippen molar-refractivity contribution in [1.82, 2.24) is 0 Å². The van der Waals surface area contributed by atoms with E-state index in [2.05, 4.69) is 13.8 Å². The van der Waals surface area contributed by atoms with Crippen LogP contribution >= 0.6 is 0 Å². The molecule has 1 atom stereocenters. The standard InChI is InChI=1S/C17H25O2S/c1-3-4-11-19-16-9-7-15(8-10-16)17(18)14(2)20-12-5-6-13-20/h7-10,14H,3-6,11-13H2,1-2H3/q+1. The average Bonchev–Trinajstić information content (AvgIpc) is 3.01. The fourth-order valence-corrected chi connectivity index (χ4v) is 4.97. The van der Waals surface area contributed by atoms with Crippen LogP contribution in [0.2, 0.25) is 0 Å². The third kappa shape index (κ3) is 4.02. The summed E-state index contributed by atoms with van der Waals surface area (Å²) in [5.41, 5.74) is 0.833. The van der Waals surface area contributed by atoms with Crippen molar-refractivity contribution in [1.29, 1.82) is 0 Å². The first-order chi connectivity index (χ1) is 9.72. The van der Waals surface area contributed by atoms with E-state index >= 15 is 0 Å². The fraction of sp³-hybridized carbons (Fsp3) is 0.588. The predicted molar refractivity (Wildman–Crippen MR) is 87.0 cm³/mol. The maximum absolute atomic E-state index is 12.5. The minimum atomic E-state index is 0.185. The van der Waals surface area contributed by atoms with Crippen LogP contribution in [0.25, 0.3) is 0 Å². The second-order valence-corrected chi connectivity index (χ2v) is 7.98. The number of hydrogen-bond acceptors (Lipinski definition) is 2. The Labute approximate surface area is 125 Å². The zero-order chi connectivity index (χ0) is 14.4. The number of rotatable bonds is 7. The molecule has 0 radical (unpaired) electrons. The molecule has 2 rings (SSSR count). The molecule has 0 bridgehead atoms. The lowest BCUT2D eigenvalue weighted by Gasteiger charge is -2.11. The van der Waals surface area contributed by atoms with E-state index in [1.165, 1.54) is 24.3 Å². The van der Waals surface area contributed by atoms with Gasteiger partial charge in [-0.2, -0.15) is 0 Å². The van der Waals surface area contributed by atoms with Gasteiger partial charge in [0.05, 0.1) is 6.61 Å². The molecule has 0 aliphatic carbocycles. The minimum Gasteiger partial charge on any atom is -0.494 e. The molecule has 1 saturated heterocycles. The lowest BCUT2D eigenvalue weighted by molar-refractivity contribution is 0.0993. The number of ketones is 1. The molecule has 3 heteroatoms. The Morgan fingerprint density at radius 3 is 2.50 bits per heavy atom. The summed E-state index contributed by atoms with van der Waals surface area (Å²) in [5, 5.41) is 0.185. The molecule has 2 nitrogen and oxygen atoms in total. The molecule has 1 heterocycles. The zero-order valence-corrected chi connectivity index (χ0v) is 13.4. The number of ether oxygens (including phenoxy) is 1. The SMILES string of the molecule is CCCCOc1ccc(C(=O)C(C)[S+]2CCCC2)cc1. The summed E-state index contributed by atoms with van der Waals surface area (Å²) in [6.07, 6.45) is 4.80. The van der Waals surface area contributed by atoms with E-state index in [-0.39, 0.29) is 5.25 Å². The highest BCUT2D eigenvalue weighted by Gasteiger charge is 2.35. The molecule has 1 aromatic rings. The largest absolute Gasteiger partial charge is 0.494 e. The van der Waals surface area contributed by atoms with Crippen molar-refractivity contribution < 1.29 is 9.53 Å². The topological polar surface area (TPSA) is 26.3 Å². The summed E-state index contributed by atoms with van der Waals surface area (Å²) in [6.45, 7) is 5.00. The molecule has 110 valence electrons. The molecule has 0 amide bonds.